The number of hydrogen-bond acceptors (Lipinski definition) is 5. The molecule has 0 saturated heterocycles. The summed E-state index contributed by atoms with van der Waals surface area (Å²) in [6.45, 7) is 2.05. The van der Waals surface area contributed by atoms with Gasteiger partial charge in [0.05, 0.1) is 11.8 Å². The average molecular weight is 503 g/mol. The molecule has 0 bridgehead atoms. The van der Waals surface area contributed by atoms with Crippen LogP contribution in [0.1, 0.15) is 35.6 Å². The van der Waals surface area contributed by atoms with Crippen LogP contribution in [-0.2, 0) is 9.59 Å². The molecule has 2 aliphatic rings. The Labute approximate surface area is 213 Å². The lowest BCUT2D eigenvalue weighted by Gasteiger charge is -2.23. The third kappa shape index (κ3) is 5.31. The van der Waals surface area contributed by atoms with Crippen molar-refractivity contribution in [3.63, 3.8) is 0 Å². The molecule has 3 aromatic rings. The van der Waals surface area contributed by atoms with Crippen molar-refractivity contribution in [1.82, 2.24) is 5.01 Å². The summed E-state index contributed by atoms with van der Waals surface area (Å²) in [6.07, 6.45) is 0.686. The number of halogens is 1. The highest BCUT2D eigenvalue weighted by molar-refractivity contribution is 8.15. The van der Waals surface area contributed by atoms with Crippen molar-refractivity contribution in [2.75, 3.05) is 5.32 Å². The lowest BCUT2D eigenvalue weighted by Crippen LogP contribution is -2.25. The molecule has 2 aliphatic heterocycles. The molecule has 1 N–H and O–H groups in total. The van der Waals surface area contributed by atoms with Gasteiger partial charge in [-0.25, -0.2) is 5.01 Å². The number of thioether (sulfide) groups is 1. The van der Waals surface area contributed by atoms with Crippen LogP contribution in [0.3, 0.4) is 0 Å². The third-order valence-corrected chi connectivity index (χ3v) is 7.26. The first-order chi connectivity index (χ1) is 17.0. The van der Waals surface area contributed by atoms with Crippen LogP contribution in [0.25, 0.3) is 0 Å². The SMILES string of the molecule is Cc1ccc(C2=NN(C3=NC(=O)[C@@H](CC(=O)Nc4ccccc4)S3)[C@@H](c3cccc(Cl)c3)C2)cc1. The van der Waals surface area contributed by atoms with E-state index < -0.39 is 5.25 Å². The first-order valence-corrected chi connectivity index (χ1v) is 12.6. The van der Waals surface area contributed by atoms with Gasteiger partial charge in [-0.3, -0.25) is 9.59 Å². The molecule has 0 aromatic heterocycles. The topological polar surface area (TPSA) is 74.1 Å². The molecule has 176 valence electrons. The first-order valence-electron chi connectivity index (χ1n) is 11.3. The fourth-order valence-corrected chi connectivity index (χ4v) is 5.35. The number of aryl methyl sites for hydroxylation is 1. The van der Waals surface area contributed by atoms with E-state index in [2.05, 4.69) is 34.6 Å². The second kappa shape index (κ2) is 10.1. The zero-order chi connectivity index (χ0) is 24.4. The van der Waals surface area contributed by atoms with Crippen molar-refractivity contribution in [1.29, 1.82) is 0 Å². The smallest absolute Gasteiger partial charge is 0.262 e. The quantitative estimate of drug-likeness (QED) is 0.476. The minimum atomic E-state index is -0.590. The highest BCUT2D eigenvalue weighted by atomic mass is 35.5. The molecule has 8 heteroatoms. The molecule has 6 nitrogen and oxygen atoms in total. The third-order valence-electron chi connectivity index (χ3n) is 5.88. The summed E-state index contributed by atoms with van der Waals surface area (Å²) in [5.41, 5.74) is 4.80. The molecule has 0 unspecified atom stereocenters. The van der Waals surface area contributed by atoms with E-state index in [1.54, 1.807) is 5.01 Å². The Morgan fingerprint density at radius 1 is 1.09 bits per heavy atom. The van der Waals surface area contributed by atoms with E-state index in [0.29, 0.717) is 22.3 Å². The number of carbonyl (C=O) groups is 2. The molecule has 0 fully saturated rings. The average Bonchev–Trinajstić information content (AvgIpc) is 3.44. The second-order valence-electron chi connectivity index (χ2n) is 8.49. The van der Waals surface area contributed by atoms with E-state index in [4.69, 9.17) is 16.7 Å². The van der Waals surface area contributed by atoms with Crippen molar-refractivity contribution >= 4 is 51.7 Å². The maximum absolute atomic E-state index is 12.7. The van der Waals surface area contributed by atoms with Crippen LogP contribution in [0, 0.1) is 6.92 Å². The maximum atomic E-state index is 12.7. The van der Waals surface area contributed by atoms with E-state index >= 15 is 0 Å². The Hall–Kier alpha value is -3.42. The molecule has 2 atom stereocenters. The van der Waals surface area contributed by atoms with Crippen LogP contribution in [0.2, 0.25) is 5.02 Å². The van der Waals surface area contributed by atoms with Crippen LogP contribution in [0.15, 0.2) is 89.0 Å². The maximum Gasteiger partial charge on any atom is 0.262 e. The predicted molar refractivity (Wildman–Crippen MR) is 142 cm³/mol. The Morgan fingerprint density at radius 2 is 1.86 bits per heavy atom. The van der Waals surface area contributed by atoms with Gasteiger partial charge in [0.2, 0.25) is 5.91 Å². The van der Waals surface area contributed by atoms with Gasteiger partial charge in [-0.05, 0) is 42.3 Å². The zero-order valence-corrected chi connectivity index (χ0v) is 20.6. The first kappa shape index (κ1) is 23.3. The summed E-state index contributed by atoms with van der Waals surface area (Å²) in [6, 6.07) is 24.9. The zero-order valence-electron chi connectivity index (χ0n) is 19.0. The lowest BCUT2D eigenvalue weighted by atomic mass is 9.98. The Balaban J connectivity index is 1.37. The number of hydrazone groups is 1. The van der Waals surface area contributed by atoms with Crippen molar-refractivity contribution in [3.8, 4) is 0 Å². The van der Waals surface area contributed by atoms with Gasteiger partial charge >= 0.3 is 0 Å². The summed E-state index contributed by atoms with van der Waals surface area (Å²) in [5.74, 6) is -0.549. The molecule has 0 spiro atoms. The van der Waals surface area contributed by atoms with Crippen molar-refractivity contribution in [3.05, 3.63) is 101 Å². The number of aliphatic imine (C=N–C) groups is 1. The van der Waals surface area contributed by atoms with Gasteiger partial charge in [-0.15, -0.1) is 0 Å². The van der Waals surface area contributed by atoms with E-state index in [0.717, 1.165) is 16.8 Å². The van der Waals surface area contributed by atoms with Gasteiger partial charge < -0.3 is 5.32 Å². The summed E-state index contributed by atoms with van der Waals surface area (Å²) < 4.78 is 0. The Kier molecular flexibility index (Phi) is 6.70. The molecule has 2 heterocycles. The number of amides is 2. The van der Waals surface area contributed by atoms with E-state index in [1.807, 2.05) is 61.5 Å². The van der Waals surface area contributed by atoms with Crippen molar-refractivity contribution < 1.29 is 9.59 Å². The van der Waals surface area contributed by atoms with E-state index in [1.165, 1.54) is 17.3 Å². The van der Waals surface area contributed by atoms with Crippen LogP contribution >= 0.6 is 23.4 Å². The largest absolute Gasteiger partial charge is 0.326 e. The number of hydrogen-bond donors (Lipinski definition) is 1. The molecular formula is C27H23ClN4O2S. The molecule has 5 rings (SSSR count). The summed E-state index contributed by atoms with van der Waals surface area (Å²) in [4.78, 5) is 29.6. The number of carbonyl (C=O) groups excluding carboxylic acids is 2. The summed E-state index contributed by atoms with van der Waals surface area (Å²) in [7, 11) is 0. The second-order valence-corrected chi connectivity index (χ2v) is 10.1. The Bertz CT molecular complexity index is 1320. The van der Waals surface area contributed by atoms with Gasteiger partial charge in [0.1, 0.15) is 5.25 Å². The van der Waals surface area contributed by atoms with Gasteiger partial charge in [-0.2, -0.15) is 10.1 Å². The lowest BCUT2D eigenvalue weighted by molar-refractivity contribution is -0.121. The van der Waals surface area contributed by atoms with Crippen LogP contribution < -0.4 is 5.32 Å². The fraction of sp³-hybridized carbons (Fsp3) is 0.185. The highest BCUT2D eigenvalue weighted by Gasteiger charge is 2.39. The Morgan fingerprint density at radius 3 is 2.60 bits per heavy atom. The molecule has 0 aliphatic carbocycles. The van der Waals surface area contributed by atoms with Crippen LogP contribution in [0.5, 0.6) is 0 Å². The van der Waals surface area contributed by atoms with E-state index in [-0.39, 0.29) is 24.3 Å². The van der Waals surface area contributed by atoms with Gasteiger partial charge in [0.15, 0.2) is 5.17 Å². The molecule has 0 saturated carbocycles. The molecule has 3 aromatic carbocycles. The molecule has 2 amide bonds. The number of anilines is 1. The number of nitrogens with one attached hydrogen (secondary N) is 1. The molecular weight excluding hydrogens is 480 g/mol. The monoisotopic (exact) mass is 502 g/mol. The van der Waals surface area contributed by atoms with Crippen LogP contribution in [-0.4, -0.2) is 33.0 Å². The molecule has 35 heavy (non-hydrogen) atoms. The van der Waals surface area contributed by atoms with Gasteiger partial charge in [-0.1, -0.05) is 83.5 Å². The fourth-order valence-electron chi connectivity index (χ4n) is 4.09. The summed E-state index contributed by atoms with van der Waals surface area (Å²) >= 11 is 7.56. The number of para-hydroxylation sites is 1. The van der Waals surface area contributed by atoms with E-state index in [9.17, 15) is 9.59 Å². The normalized spacial score (nSPS) is 19.5. The molecule has 0 radical (unpaired) electrons. The van der Waals surface area contributed by atoms with Gasteiger partial charge in [0.25, 0.3) is 5.91 Å². The number of amidine groups is 1. The van der Waals surface area contributed by atoms with Crippen molar-refractivity contribution in [2.45, 2.75) is 31.1 Å². The highest BCUT2D eigenvalue weighted by Crippen LogP contribution is 2.39. The summed E-state index contributed by atoms with van der Waals surface area (Å²) in [5, 5.41) is 10.1. The number of benzene rings is 3. The standard InChI is InChI=1S/C27H23ClN4O2S/c1-17-10-12-18(13-11-17)22-15-23(19-6-5-7-20(28)14-19)32(31-22)27-30-26(34)24(35-27)16-25(33)29-21-8-3-2-4-9-21/h2-14,23-24H,15-16H2,1H3,(H,29,33)/t23-,24-/m1/s1. The minimum Gasteiger partial charge on any atom is -0.326 e. The number of rotatable bonds is 5. The van der Waals surface area contributed by atoms with Gasteiger partial charge in [0, 0.05) is 23.6 Å². The number of nitrogens with zero attached hydrogens (tertiary/aromatic N) is 3. The van der Waals surface area contributed by atoms with Crippen LogP contribution in [0.4, 0.5) is 5.69 Å². The van der Waals surface area contributed by atoms with Crippen molar-refractivity contribution in [2.24, 2.45) is 10.1 Å². The predicted octanol–water partition coefficient (Wildman–Crippen LogP) is 5.83. The minimum absolute atomic E-state index is 0.0373.